The van der Waals surface area contributed by atoms with Crippen LogP contribution in [0.5, 0.6) is 11.5 Å². The summed E-state index contributed by atoms with van der Waals surface area (Å²) >= 11 is 17.5. The SMILES string of the molecule is C#CCOc1ccc(/C=C2\C(=O)NC(=S)N(c3cccc(Cl)c3Cl)C2=O)cc1OCC. The lowest BCUT2D eigenvalue weighted by Crippen LogP contribution is -2.54. The van der Waals surface area contributed by atoms with Crippen molar-refractivity contribution in [3.63, 3.8) is 0 Å². The van der Waals surface area contributed by atoms with Crippen molar-refractivity contribution < 1.29 is 19.1 Å². The van der Waals surface area contributed by atoms with Crippen LogP contribution in [0.1, 0.15) is 12.5 Å². The smallest absolute Gasteiger partial charge is 0.270 e. The van der Waals surface area contributed by atoms with Gasteiger partial charge in [-0.2, -0.15) is 0 Å². The molecule has 0 bridgehead atoms. The number of hydrogen-bond donors (Lipinski definition) is 1. The highest BCUT2D eigenvalue weighted by molar-refractivity contribution is 7.80. The van der Waals surface area contributed by atoms with Gasteiger partial charge in [-0.3, -0.25) is 19.8 Å². The summed E-state index contributed by atoms with van der Waals surface area (Å²) < 4.78 is 11.0. The molecule has 0 saturated carbocycles. The van der Waals surface area contributed by atoms with Crippen LogP contribution in [0.15, 0.2) is 42.0 Å². The van der Waals surface area contributed by atoms with Crippen molar-refractivity contribution in [3.8, 4) is 23.8 Å². The third-order valence-electron chi connectivity index (χ3n) is 4.16. The van der Waals surface area contributed by atoms with Crippen LogP contribution in [0.25, 0.3) is 6.08 Å². The highest BCUT2D eigenvalue weighted by atomic mass is 35.5. The molecular formula is C22H16Cl2N2O4S. The maximum Gasteiger partial charge on any atom is 0.270 e. The van der Waals surface area contributed by atoms with Crippen LogP contribution >= 0.6 is 35.4 Å². The zero-order valence-corrected chi connectivity index (χ0v) is 18.6. The second kappa shape index (κ2) is 9.84. The molecule has 0 radical (unpaired) electrons. The van der Waals surface area contributed by atoms with Crippen molar-refractivity contribution in [2.75, 3.05) is 18.1 Å². The molecule has 31 heavy (non-hydrogen) atoms. The Balaban J connectivity index is 2.01. The average Bonchev–Trinajstić information content (AvgIpc) is 2.73. The summed E-state index contributed by atoms with van der Waals surface area (Å²) in [6.07, 6.45) is 6.67. The Morgan fingerprint density at radius 1 is 1.19 bits per heavy atom. The first kappa shape index (κ1) is 22.6. The first-order chi connectivity index (χ1) is 14.9. The molecule has 0 spiro atoms. The third-order valence-corrected chi connectivity index (χ3v) is 5.26. The van der Waals surface area contributed by atoms with E-state index in [2.05, 4.69) is 11.2 Å². The zero-order chi connectivity index (χ0) is 22.5. The number of amides is 2. The van der Waals surface area contributed by atoms with Crippen molar-refractivity contribution in [3.05, 3.63) is 57.6 Å². The third kappa shape index (κ3) is 4.83. The van der Waals surface area contributed by atoms with Crippen molar-refractivity contribution in [2.24, 2.45) is 0 Å². The van der Waals surface area contributed by atoms with E-state index < -0.39 is 11.8 Å². The lowest BCUT2D eigenvalue weighted by molar-refractivity contribution is -0.122. The van der Waals surface area contributed by atoms with Gasteiger partial charge in [0.25, 0.3) is 11.8 Å². The molecule has 1 N–H and O–H groups in total. The minimum absolute atomic E-state index is 0.0776. The summed E-state index contributed by atoms with van der Waals surface area (Å²) in [5, 5.41) is 2.80. The van der Waals surface area contributed by atoms with Gasteiger partial charge in [0.1, 0.15) is 12.2 Å². The van der Waals surface area contributed by atoms with Gasteiger partial charge in [0.2, 0.25) is 0 Å². The van der Waals surface area contributed by atoms with Crippen LogP contribution in [0, 0.1) is 12.3 Å². The average molecular weight is 475 g/mol. The van der Waals surface area contributed by atoms with Gasteiger partial charge in [0, 0.05) is 0 Å². The fraction of sp³-hybridized carbons (Fsp3) is 0.136. The van der Waals surface area contributed by atoms with E-state index in [1.54, 1.807) is 36.4 Å². The highest BCUT2D eigenvalue weighted by Crippen LogP contribution is 2.35. The molecule has 0 unspecified atom stereocenters. The van der Waals surface area contributed by atoms with Crippen molar-refractivity contribution in [1.82, 2.24) is 5.32 Å². The topological polar surface area (TPSA) is 67.9 Å². The first-order valence-electron chi connectivity index (χ1n) is 9.06. The van der Waals surface area contributed by atoms with Gasteiger partial charge in [-0.05, 0) is 55.0 Å². The maximum absolute atomic E-state index is 13.2. The number of thiocarbonyl (C=S) groups is 1. The molecule has 158 valence electrons. The molecule has 3 rings (SSSR count). The van der Waals surface area contributed by atoms with E-state index in [1.807, 2.05) is 6.92 Å². The van der Waals surface area contributed by atoms with Gasteiger partial charge >= 0.3 is 0 Å². The number of terminal acetylenes is 1. The molecule has 9 heteroatoms. The normalized spacial score (nSPS) is 15.0. The number of rotatable bonds is 6. The number of halogens is 2. The van der Waals surface area contributed by atoms with Gasteiger partial charge in [-0.1, -0.05) is 41.3 Å². The largest absolute Gasteiger partial charge is 0.490 e. The van der Waals surface area contributed by atoms with Crippen LogP contribution in [-0.4, -0.2) is 30.1 Å². The summed E-state index contributed by atoms with van der Waals surface area (Å²) in [5.41, 5.74) is 0.674. The number of carbonyl (C=O) groups excluding carboxylic acids is 2. The molecule has 1 saturated heterocycles. The molecule has 1 aliphatic rings. The maximum atomic E-state index is 13.2. The Bertz CT molecular complexity index is 1140. The zero-order valence-electron chi connectivity index (χ0n) is 16.3. The van der Waals surface area contributed by atoms with Crippen LogP contribution in [0.3, 0.4) is 0 Å². The summed E-state index contributed by atoms with van der Waals surface area (Å²) in [6.45, 7) is 2.29. The second-order valence-electron chi connectivity index (χ2n) is 6.16. The molecule has 0 aliphatic carbocycles. The van der Waals surface area contributed by atoms with Crippen molar-refractivity contribution in [2.45, 2.75) is 6.92 Å². The number of nitrogens with one attached hydrogen (secondary N) is 1. The molecule has 1 fully saturated rings. The van der Waals surface area contributed by atoms with Gasteiger partial charge in [-0.25, -0.2) is 0 Å². The first-order valence-corrected chi connectivity index (χ1v) is 10.2. The van der Waals surface area contributed by atoms with Crippen LogP contribution in [0.2, 0.25) is 10.0 Å². The minimum Gasteiger partial charge on any atom is -0.490 e. The van der Waals surface area contributed by atoms with E-state index in [-0.39, 0.29) is 33.0 Å². The van der Waals surface area contributed by atoms with E-state index in [1.165, 1.54) is 6.08 Å². The molecule has 2 amide bonds. The Kier molecular flexibility index (Phi) is 7.18. The van der Waals surface area contributed by atoms with E-state index in [9.17, 15) is 9.59 Å². The van der Waals surface area contributed by atoms with Crippen LogP contribution < -0.4 is 19.7 Å². The number of anilines is 1. The molecule has 2 aromatic carbocycles. The molecule has 0 aromatic heterocycles. The number of carbonyl (C=O) groups is 2. The second-order valence-corrected chi connectivity index (χ2v) is 7.33. The Hall–Kier alpha value is -3.05. The fourth-order valence-electron chi connectivity index (χ4n) is 2.83. The molecular weight excluding hydrogens is 459 g/mol. The predicted octanol–water partition coefficient (Wildman–Crippen LogP) is 4.24. The lowest BCUT2D eigenvalue weighted by Gasteiger charge is -2.29. The number of ether oxygens (including phenoxy) is 2. The molecule has 1 heterocycles. The van der Waals surface area contributed by atoms with Gasteiger partial charge in [-0.15, -0.1) is 6.42 Å². The monoisotopic (exact) mass is 474 g/mol. The van der Waals surface area contributed by atoms with Crippen LogP contribution in [-0.2, 0) is 9.59 Å². The molecule has 0 atom stereocenters. The molecule has 1 aliphatic heterocycles. The Morgan fingerprint density at radius 2 is 1.97 bits per heavy atom. The highest BCUT2D eigenvalue weighted by Gasteiger charge is 2.35. The Morgan fingerprint density at radius 3 is 2.68 bits per heavy atom. The quantitative estimate of drug-likeness (QED) is 0.293. The Labute approximate surface area is 194 Å². The standard InChI is InChI=1S/C22H16Cl2N2O4S/c1-3-10-30-17-9-8-13(12-18(17)29-4-2)11-14-20(27)25-22(31)26(21(14)28)16-7-5-6-15(23)19(16)24/h1,5-9,11-12H,4,10H2,2H3,(H,25,27,31)/b14-11+. The van der Waals surface area contributed by atoms with E-state index in [0.29, 0.717) is 23.7 Å². The summed E-state index contributed by atoms with van der Waals surface area (Å²) in [7, 11) is 0. The summed E-state index contributed by atoms with van der Waals surface area (Å²) in [6, 6.07) is 9.76. The number of nitrogens with zero attached hydrogens (tertiary/aromatic N) is 1. The van der Waals surface area contributed by atoms with E-state index in [0.717, 1.165) is 4.90 Å². The van der Waals surface area contributed by atoms with Gasteiger partial charge in [0.05, 0.1) is 22.3 Å². The van der Waals surface area contributed by atoms with Crippen molar-refractivity contribution in [1.29, 1.82) is 0 Å². The van der Waals surface area contributed by atoms with Gasteiger partial charge in [0.15, 0.2) is 16.6 Å². The molecule has 2 aromatic rings. The van der Waals surface area contributed by atoms with Crippen molar-refractivity contribution >= 4 is 64.1 Å². The van der Waals surface area contributed by atoms with E-state index >= 15 is 0 Å². The predicted molar refractivity (Wildman–Crippen MR) is 125 cm³/mol. The number of hydrogen-bond acceptors (Lipinski definition) is 5. The molecule has 6 nitrogen and oxygen atoms in total. The summed E-state index contributed by atoms with van der Waals surface area (Å²) in [4.78, 5) is 26.8. The number of benzene rings is 2. The fourth-order valence-corrected chi connectivity index (χ4v) is 3.48. The minimum atomic E-state index is -0.636. The summed E-state index contributed by atoms with van der Waals surface area (Å²) in [5.74, 6) is 2.01. The van der Waals surface area contributed by atoms with E-state index in [4.69, 9.17) is 51.3 Å². The van der Waals surface area contributed by atoms with Crippen LogP contribution in [0.4, 0.5) is 5.69 Å². The lowest BCUT2D eigenvalue weighted by atomic mass is 10.1. The van der Waals surface area contributed by atoms with Gasteiger partial charge < -0.3 is 9.47 Å².